The molecule has 0 saturated carbocycles. The first-order valence-electron chi connectivity index (χ1n) is 5.92. The average molecular weight is 248 g/mol. The molecule has 0 aliphatic carbocycles. The molecule has 1 aromatic carbocycles. The number of carbonyl (C=O) groups is 2. The van der Waals surface area contributed by atoms with E-state index in [1.807, 2.05) is 13.8 Å². The van der Waals surface area contributed by atoms with Gasteiger partial charge in [0.2, 0.25) is 0 Å². The van der Waals surface area contributed by atoms with E-state index in [1.165, 1.54) is 12.1 Å². The zero-order chi connectivity index (χ0) is 13.3. The number of aromatic carboxylic acids is 1. The number of urea groups is 1. The molecule has 5 nitrogen and oxygen atoms in total. The average Bonchev–Trinajstić information content (AvgIpc) is 2.71. The van der Waals surface area contributed by atoms with E-state index in [0.29, 0.717) is 13.1 Å². The summed E-state index contributed by atoms with van der Waals surface area (Å²) >= 11 is 0. The molecule has 1 aliphatic heterocycles. The van der Waals surface area contributed by atoms with Gasteiger partial charge in [0.15, 0.2) is 0 Å². The molecule has 0 spiro atoms. The van der Waals surface area contributed by atoms with Crippen LogP contribution in [0.5, 0.6) is 0 Å². The molecule has 1 N–H and O–H groups in total. The van der Waals surface area contributed by atoms with Gasteiger partial charge < -0.3 is 10.0 Å². The summed E-state index contributed by atoms with van der Waals surface area (Å²) in [5, 5.41) is 8.82. The van der Waals surface area contributed by atoms with E-state index >= 15 is 0 Å². The molecule has 0 radical (unpaired) electrons. The molecule has 0 aromatic heterocycles. The molecule has 1 saturated heterocycles. The van der Waals surface area contributed by atoms with Crippen molar-refractivity contribution in [2.75, 3.05) is 18.0 Å². The molecule has 0 bridgehead atoms. The molecule has 1 aliphatic rings. The Bertz CT molecular complexity index is 468. The van der Waals surface area contributed by atoms with Crippen molar-refractivity contribution in [2.24, 2.45) is 0 Å². The second-order valence-electron chi connectivity index (χ2n) is 4.57. The largest absolute Gasteiger partial charge is 0.478 e. The van der Waals surface area contributed by atoms with Gasteiger partial charge in [0.25, 0.3) is 0 Å². The third kappa shape index (κ3) is 2.16. The Morgan fingerprint density at radius 3 is 2.28 bits per heavy atom. The Hall–Kier alpha value is -2.04. The van der Waals surface area contributed by atoms with Crippen molar-refractivity contribution in [3.05, 3.63) is 29.8 Å². The van der Waals surface area contributed by atoms with Crippen LogP contribution in [0, 0.1) is 0 Å². The Balaban J connectivity index is 2.18. The molecule has 2 rings (SSSR count). The fourth-order valence-corrected chi connectivity index (χ4v) is 2.06. The van der Waals surface area contributed by atoms with Crippen LogP contribution in [-0.2, 0) is 0 Å². The number of carboxylic acids is 1. The van der Waals surface area contributed by atoms with Crippen LogP contribution in [0.15, 0.2) is 24.3 Å². The smallest absolute Gasteiger partial charge is 0.335 e. The Kier molecular flexibility index (Phi) is 3.23. The lowest BCUT2D eigenvalue weighted by Crippen LogP contribution is -2.36. The van der Waals surface area contributed by atoms with Gasteiger partial charge in [-0.1, -0.05) is 0 Å². The standard InChI is InChI=1S/C13H16N2O3/c1-9(2)14-7-8-15(13(14)18)11-5-3-10(4-6-11)12(16)17/h3-6,9H,7-8H2,1-2H3,(H,16,17). The van der Waals surface area contributed by atoms with Gasteiger partial charge in [0, 0.05) is 24.8 Å². The zero-order valence-electron chi connectivity index (χ0n) is 10.5. The summed E-state index contributed by atoms with van der Waals surface area (Å²) in [6.45, 7) is 5.31. The van der Waals surface area contributed by atoms with Crippen molar-refractivity contribution in [3.63, 3.8) is 0 Å². The van der Waals surface area contributed by atoms with Crippen LogP contribution in [-0.4, -0.2) is 41.1 Å². The van der Waals surface area contributed by atoms with Gasteiger partial charge in [0.05, 0.1) is 5.56 Å². The normalized spacial score (nSPS) is 15.6. The second-order valence-corrected chi connectivity index (χ2v) is 4.57. The predicted molar refractivity (Wildman–Crippen MR) is 68.0 cm³/mol. The first-order valence-corrected chi connectivity index (χ1v) is 5.92. The Morgan fingerprint density at radius 2 is 1.83 bits per heavy atom. The number of carbonyl (C=O) groups excluding carboxylic acids is 1. The molecule has 1 heterocycles. The predicted octanol–water partition coefficient (Wildman–Crippen LogP) is 2.04. The van der Waals surface area contributed by atoms with Crippen LogP contribution in [0.2, 0.25) is 0 Å². The van der Waals surface area contributed by atoms with Crippen LogP contribution >= 0.6 is 0 Å². The highest BCUT2D eigenvalue weighted by Crippen LogP contribution is 2.22. The summed E-state index contributed by atoms with van der Waals surface area (Å²) in [5.74, 6) is -0.960. The first kappa shape index (κ1) is 12.4. The van der Waals surface area contributed by atoms with E-state index in [-0.39, 0.29) is 17.6 Å². The maximum atomic E-state index is 12.1. The maximum absolute atomic E-state index is 12.1. The molecule has 1 aromatic rings. The number of hydrogen-bond acceptors (Lipinski definition) is 2. The summed E-state index contributed by atoms with van der Waals surface area (Å²) < 4.78 is 0. The van der Waals surface area contributed by atoms with Crippen LogP contribution < -0.4 is 4.90 Å². The van der Waals surface area contributed by atoms with Crippen molar-refractivity contribution < 1.29 is 14.7 Å². The zero-order valence-corrected chi connectivity index (χ0v) is 10.5. The molecule has 0 atom stereocenters. The van der Waals surface area contributed by atoms with Gasteiger partial charge in [0.1, 0.15) is 0 Å². The lowest BCUT2D eigenvalue weighted by Gasteiger charge is -2.21. The van der Waals surface area contributed by atoms with Gasteiger partial charge in [-0.2, -0.15) is 0 Å². The van der Waals surface area contributed by atoms with Gasteiger partial charge >= 0.3 is 12.0 Å². The number of amides is 2. The van der Waals surface area contributed by atoms with E-state index in [0.717, 1.165) is 5.69 Å². The number of hydrogen-bond donors (Lipinski definition) is 1. The lowest BCUT2D eigenvalue weighted by atomic mass is 10.2. The minimum atomic E-state index is -0.960. The minimum absolute atomic E-state index is 0.0203. The Labute approximate surface area is 106 Å². The van der Waals surface area contributed by atoms with Crippen molar-refractivity contribution in [1.29, 1.82) is 0 Å². The summed E-state index contributed by atoms with van der Waals surface area (Å²) in [5.41, 5.74) is 0.972. The first-order chi connectivity index (χ1) is 8.50. The fraction of sp³-hybridized carbons (Fsp3) is 0.385. The topological polar surface area (TPSA) is 60.9 Å². The molecule has 96 valence electrons. The quantitative estimate of drug-likeness (QED) is 0.890. The fourth-order valence-electron chi connectivity index (χ4n) is 2.06. The van der Waals surface area contributed by atoms with E-state index in [4.69, 9.17) is 5.11 Å². The highest BCUT2D eigenvalue weighted by Gasteiger charge is 2.30. The van der Waals surface area contributed by atoms with E-state index in [2.05, 4.69) is 0 Å². The van der Waals surface area contributed by atoms with Gasteiger partial charge in [-0.3, -0.25) is 4.90 Å². The minimum Gasteiger partial charge on any atom is -0.478 e. The number of nitrogens with zero attached hydrogens (tertiary/aromatic N) is 2. The lowest BCUT2D eigenvalue weighted by molar-refractivity contribution is 0.0697. The number of carboxylic acid groups (broad SMARTS) is 1. The molecular formula is C13H16N2O3. The Morgan fingerprint density at radius 1 is 1.22 bits per heavy atom. The van der Waals surface area contributed by atoms with Crippen LogP contribution in [0.4, 0.5) is 10.5 Å². The third-order valence-electron chi connectivity index (χ3n) is 3.09. The van der Waals surface area contributed by atoms with Gasteiger partial charge in [-0.15, -0.1) is 0 Å². The summed E-state index contributed by atoms with van der Waals surface area (Å²) in [6, 6.07) is 6.54. The third-order valence-corrected chi connectivity index (χ3v) is 3.09. The van der Waals surface area contributed by atoms with E-state index in [9.17, 15) is 9.59 Å². The monoisotopic (exact) mass is 248 g/mol. The number of rotatable bonds is 3. The van der Waals surface area contributed by atoms with E-state index in [1.54, 1.807) is 21.9 Å². The van der Waals surface area contributed by atoms with E-state index < -0.39 is 5.97 Å². The maximum Gasteiger partial charge on any atom is 0.335 e. The van der Waals surface area contributed by atoms with Crippen molar-refractivity contribution in [1.82, 2.24) is 4.90 Å². The number of benzene rings is 1. The molecule has 2 amide bonds. The number of anilines is 1. The van der Waals surface area contributed by atoms with Gasteiger partial charge in [-0.05, 0) is 38.1 Å². The van der Waals surface area contributed by atoms with Crippen LogP contribution in [0.3, 0.4) is 0 Å². The van der Waals surface area contributed by atoms with Crippen molar-refractivity contribution in [2.45, 2.75) is 19.9 Å². The summed E-state index contributed by atoms with van der Waals surface area (Å²) in [7, 11) is 0. The molecular weight excluding hydrogens is 232 g/mol. The summed E-state index contributed by atoms with van der Waals surface area (Å²) in [6.07, 6.45) is 0. The molecule has 1 fully saturated rings. The van der Waals surface area contributed by atoms with Crippen LogP contribution in [0.1, 0.15) is 24.2 Å². The molecule has 5 heteroatoms. The SMILES string of the molecule is CC(C)N1CCN(c2ccc(C(=O)O)cc2)C1=O. The molecule has 0 unspecified atom stereocenters. The van der Waals surface area contributed by atoms with Crippen molar-refractivity contribution in [3.8, 4) is 0 Å². The summed E-state index contributed by atoms with van der Waals surface area (Å²) in [4.78, 5) is 26.3. The highest BCUT2D eigenvalue weighted by atomic mass is 16.4. The van der Waals surface area contributed by atoms with Crippen LogP contribution in [0.25, 0.3) is 0 Å². The second kappa shape index (κ2) is 4.68. The van der Waals surface area contributed by atoms with Gasteiger partial charge in [-0.25, -0.2) is 9.59 Å². The molecule has 18 heavy (non-hydrogen) atoms. The van der Waals surface area contributed by atoms with Crippen molar-refractivity contribution >= 4 is 17.7 Å². The highest BCUT2D eigenvalue weighted by molar-refractivity contribution is 5.95.